The number of methoxy groups -OCH3 is 1. The minimum atomic E-state index is -1.27. The lowest BCUT2D eigenvalue weighted by molar-refractivity contribution is -0.120. The summed E-state index contributed by atoms with van der Waals surface area (Å²) in [6.45, 7) is 3.22. The van der Waals surface area contributed by atoms with E-state index in [0.29, 0.717) is 22.6 Å². The summed E-state index contributed by atoms with van der Waals surface area (Å²) >= 11 is 3.20. The first kappa shape index (κ1) is 14.6. The van der Waals surface area contributed by atoms with Gasteiger partial charge in [-0.1, -0.05) is 12.1 Å². The SMILES string of the molecule is CCC(C)(N=O)C(=O)Nc1cc(Br)nc(OC)c1. The van der Waals surface area contributed by atoms with Crippen molar-refractivity contribution in [2.24, 2.45) is 5.18 Å². The van der Waals surface area contributed by atoms with E-state index in [4.69, 9.17) is 4.74 Å². The lowest BCUT2D eigenvalue weighted by Gasteiger charge is -2.18. The second-order valence-electron chi connectivity index (χ2n) is 3.89. The molecule has 0 saturated carbocycles. The first-order valence-electron chi connectivity index (χ1n) is 5.32. The molecule has 98 valence electrons. The molecule has 0 aromatic carbocycles. The zero-order valence-corrected chi connectivity index (χ0v) is 11.9. The van der Waals surface area contributed by atoms with Crippen molar-refractivity contribution in [2.75, 3.05) is 12.4 Å². The summed E-state index contributed by atoms with van der Waals surface area (Å²) < 4.78 is 5.50. The Kier molecular flexibility index (Phi) is 4.77. The minimum Gasteiger partial charge on any atom is -0.481 e. The van der Waals surface area contributed by atoms with Gasteiger partial charge >= 0.3 is 0 Å². The lowest BCUT2D eigenvalue weighted by Crippen LogP contribution is -2.37. The first-order chi connectivity index (χ1) is 8.45. The van der Waals surface area contributed by atoms with Gasteiger partial charge in [-0.05, 0) is 35.3 Å². The van der Waals surface area contributed by atoms with Crippen molar-refractivity contribution in [3.05, 3.63) is 21.6 Å². The molecule has 1 unspecified atom stereocenters. The predicted molar refractivity (Wildman–Crippen MR) is 71.6 cm³/mol. The Morgan fingerprint density at radius 1 is 1.61 bits per heavy atom. The number of carbonyl (C=O) groups is 1. The van der Waals surface area contributed by atoms with Crippen LogP contribution in [0.25, 0.3) is 0 Å². The Bertz CT molecular complexity index is 467. The Morgan fingerprint density at radius 3 is 2.78 bits per heavy atom. The fourth-order valence-electron chi connectivity index (χ4n) is 1.18. The molecule has 0 spiro atoms. The first-order valence-corrected chi connectivity index (χ1v) is 6.12. The van der Waals surface area contributed by atoms with Gasteiger partial charge in [-0.25, -0.2) is 4.98 Å². The Morgan fingerprint density at radius 2 is 2.28 bits per heavy atom. The maximum atomic E-state index is 11.9. The number of ether oxygens (including phenoxy) is 1. The third-order valence-corrected chi connectivity index (χ3v) is 3.02. The maximum Gasteiger partial charge on any atom is 0.255 e. The van der Waals surface area contributed by atoms with Gasteiger partial charge in [0.25, 0.3) is 5.91 Å². The molecule has 0 aliphatic rings. The van der Waals surface area contributed by atoms with Gasteiger partial charge in [0, 0.05) is 11.8 Å². The van der Waals surface area contributed by atoms with Gasteiger partial charge < -0.3 is 10.1 Å². The van der Waals surface area contributed by atoms with Crippen molar-refractivity contribution in [3.63, 3.8) is 0 Å². The van der Waals surface area contributed by atoms with E-state index in [1.54, 1.807) is 19.1 Å². The summed E-state index contributed by atoms with van der Waals surface area (Å²) in [6, 6.07) is 3.17. The van der Waals surface area contributed by atoms with Crippen LogP contribution in [0.1, 0.15) is 20.3 Å². The van der Waals surface area contributed by atoms with Gasteiger partial charge in [0.1, 0.15) is 4.60 Å². The average Bonchev–Trinajstić information content (AvgIpc) is 2.36. The molecule has 6 nitrogen and oxygen atoms in total. The Balaban J connectivity index is 2.94. The number of carbonyl (C=O) groups excluding carboxylic acids is 1. The number of rotatable bonds is 5. The van der Waals surface area contributed by atoms with Crippen LogP contribution in [0.2, 0.25) is 0 Å². The van der Waals surface area contributed by atoms with Gasteiger partial charge in [-0.2, -0.15) is 0 Å². The zero-order valence-electron chi connectivity index (χ0n) is 10.4. The van der Waals surface area contributed by atoms with E-state index in [9.17, 15) is 9.70 Å². The summed E-state index contributed by atoms with van der Waals surface area (Å²) in [5.74, 6) is -0.0999. The molecular formula is C11H14BrN3O3. The molecule has 0 bridgehead atoms. The molecule has 18 heavy (non-hydrogen) atoms. The molecule has 0 aliphatic carbocycles. The summed E-state index contributed by atoms with van der Waals surface area (Å²) in [4.78, 5) is 26.7. The standard InChI is InChI=1S/C11H14BrN3O3/c1-4-11(2,15-17)10(16)13-7-5-8(12)14-9(6-7)18-3/h5-6H,4H2,1-3H3,(H,13,14,16). The van der Waals surface area contributed by atoms with E-state index in [0.717, 1.165) is 0 Å². The fourth-order valence-corrected chi connectivity index (χ4v) is 1.60. The number of halogens is 1. The topological polar surface area (TPSA) is 80.7 Å². The number of hydrogen-bond acceptors (Lipinski definition) is 5. The Hall–Kier alpha value is -1.50. The number of nitroso groups, excluding NO2 is 1. The number of nitrogens with one attached hydrogen (secondary N) is 1. The lowest BCUT2D eigenvalue weighted by atomic mass is 9.99. The van der Waals surface area contributed by atoms with Crippen LogP contribution in [0.5, 0.6) is 5.88 Å². The average molecular weight is 316 g/mol. The minimum absolute atomic E-state index is 0.325. The van der Waals surface area contributed by atoms with Crippen molar-refractivity contribution < 1.29 is 9.53 Å². The molecule has 1 aromatic rings. The van der Waals surface area contributed by atoms with Crippen LogP contribution in [-0.2, 0) is 4.79 Å². The van der Waals surface area contributed by atoms with Crippen LogP contribution < -0.4 is 10.1 Å². The van der Waals surface area contributed by atoms with E-state index in [1.165, 1.54) is 14.0 Å². The molecule has 7 heteroatoms. The number of amides is 1. The normalized spacial score (nSPS) is 13.6. The van der Waals surface area contributed by atoms with Crippen molar-refractivity contribution >= 4 is 27.5 Å². The zero-order chi connectivity index (χ0) is 13.8. The molecule has 0 radical (unpaired) electrons. The third kappa shape index (κ3) is 3.25. The summed E-state index contributed by atoms with van der Waals surface area (Å²) in [7, 11) is 1.48. The number of anilines is 1. The number of hydrogen-bond donors (Lipinski definition) is 1. The van der Waals surface area contributed by atoms with E-state index >= 15 is 0 Å². The van der Waals surface area contributed by atoms with E-state index in [-0.39, 0.29) is 0 Å². The number of pyridine rings is 1. The van der Waals surface area contributed by atoms with Crippen molar-refractivity contribution in [2.45, 2.75) is 25.8 Å². The maximum absolute atomic E-state index is 11.9. The molecule has 0 aliphatic heterocycles. The highest BCUT2D eigenvalue weighted by molar-refractivity contribution is 9.10. The molecule has 1 rings (SSSR count). The molecule has 1 atom stereocenters. The summed E-state index contributed by atoms with van der Waals surface area (Å²) in [5.41, 5.74) is -0.787. The third-order valence-electron chi connectivity index (χ3n) is 2.62. The quantitative estimate of drug-likeness (QED) is 0.669. The largest absolute Gasteiger partial charge is 0.481 e. The number of nitrogens with zero attached hydrogens (tertiary/aromatic N) is 2. The van der Waals surface area contributed by atoms with Crippen LogP contribution in [0.3, 0.4) is 0 Å². The smallest absolute Gasteiger partial charge is 0.255 e. The van der Waals surface area contributed by atoms with Crippen LogP contribution >= 0.6 is 15.9 Å². The highest BCUT2D eigenvalue weighted by atomic mass is 79.9. The second-order valence-corrected chi connectivity index (χ2v) is 4.71. The fraction of sp³-hybridized carbons (Fsp3) is 0.455. The van der Waals surface area contributed by atoms with Gasteiger partial charge in [0.2, 0.25) is 5.88 Å². The Labute approximate surface area is 113 Å². The van der Waals surface area contributed by atoms with Crippen LogP contribution in [-0.4, -0.2) is 23.5 Å². The highest BCUT2D eigenvalue weighted by Gasteiger charge is 2.32. The van der Waals surface area contributed by atoms with Gasteiger partial charge in [-0.3, -0.25) is 4.79 Å². The monoisotopic (exact) mass is 315 g/mol. The van der Waals surface area contributed by atoms with Gasteiger partial charge in [0.15, 0.2) is 5.54 Å². The molecule has 1 N–H and O–H groups in total. The van der Waals surface area contributed by atoms with Crippen LogP contribution in [0.4, 0.5) is 5.69 Å². The molecule has 0 fully saturated rings. The molecule has 0 saturated heterocycles. The van der Waals surface area contributed by atoms with Gasteiger partial charge in [-0.15, -0.1) is 4.91 Å². The van der Waals surface area contributed by atoms with Crippen LogP contribution in [0.15, 0.2) is 21.9 Å². The van der Waals surface area contributed by atoms with Crippen molar-refractivity contribution in [1.82, 2.24) is 4.98 Å². The van der Waals surface area contributed by atoms with Gasteiger partial charge in [0.05, 0.1) is 7.11 Å². The second kappa shape index (κ2) is 5.90. The highest BCUT2D eigenvalue weighted by Crippen LogP contribution is 2.23. The predicted octanol–water partition coefficient (Wildman–Crippen LogP) is 2.73. The summed E-state index contributed by atoms with van der Waals surface area (Å²) in [5, 5.41) is 5.50. The summed E-state index contributed by atoms with van der Waals surface area (Å²) in [6.07, 6.45) is 0.325. The van der Waals surface area contributed by atoms with Crippen molar-refractivity contribution in [3.8, 4) is 5.88 Å². The van der Waals surface area contributed by atoms with E-state index in [2.05, 4.69) is 31.4 Å². The van der Waals surface area contributed by atoms with E-state index < -0.39 is 11.4 Å². The number of aromatic nitrogens is 1. The van der Waals surface area contributed by atoms with Crippen LogP contribution in [0, 0.1) is 4.91 Å². The van der Waals surface area contributed by atoms with E-state index in [1.807, 2.05) is 0 Å². The molecule has 1 amide bonds. The van der Waals surface area contributed by atoms with Crippen molar-refractivity contribution in [1.29, 1.82) is 0 Å². The molecule has 1 heterocycles. The molecule has 1 aromatic heterocycles. The molecular weight excluding hydrogens is 302 g/mol.